The molecule has 1 aliphatic rings. The molecule has 1 saturated heterocycles. The molecule has 6 N–H and O–H groups in total. The van der Waals surface area contributed by atoms with Gasteiger partial charge in [0, 0.05) is 6.42 Å². The highest BCUT2D eigenvalue weighted by Crippen LogP contribution is 2.26. The summed E-state index contributed by atoms with van der Waals surface area (Å²) in [5.41, 5.74) is 0. The minimum atomic E-state index is -1.64. The van der Waals surface area contributed by atoms with Crippen LogP contribution >= 0.6 is 0 Å². The summed E-state index contributed by atoms with van der Waals surface area (Å²) in [6, 6.07) is -1.05. The standard InChI is InChI=1S/C64H105NO10/c1-4-7-10-13-16-19-22-24-25-26-27-28-29-30-31-32-33-34-37-40-43-46-49-52-59(69)75-62-61(71)60(70)58(53-66)74-64(62)73-54-55(56(67)50-47-44-41-38-35-21-18-15-12-9-6-3)65-63(72)57(68)51-48-45-42-39-36-23-20-17-14-11-8-5-2/h7-8,10-11,14,16-17,19-20,23-25,27-28,30-31,33-34,47,50,55-58,60-62,64,66-68,70-71H,4-6,9,12-13,15,18,21-22,26,29,32,35-46,48-49,51-54H2,1-3H3,(H,65,72)/b10-7-,11-8+,17-14+,19-16-,23-20-,25-24-,28-27-,31-30-,34-33-,50-47+. The maximum atomic E-state index is 13.3. The van der Waals surface area contributed by atoms with Crippen LogP contribution in [0.15, 0.2) is 122 Å². The number of rotatable bonds is 47. The number of aliphatic hydroxyl groups excluding tert-OH is 5. The van der Waals surface area contributed by atoms with Gasteiger partial charge < -0.3 is 45.1 Å². The van der Waals surface area contributed by atoms with Crippen molar-refractivity contribution in [2.24, 2.45) is 0 Å². The fraction of sp³-hybridized carbons (Fsp3) is 0.656. The summed E-state index contributed by atoms with van der Waals surface area (Å²) in [6.45, 7) is 5.47. The summed E-state index contributed by atoms with van der Waals surface area (Å²) in [4.78, 5) is 26.4. The van der Waals surface area contributed by atoms with Crippen LogP contribution in [0.25, 0.3) is 0 Å². The first-order chi connectivity index (χ1) is 36.7. The lowest BCUT2D eigenvalue weighted by Crippen LogP contribution is -2.61. The lowest BCUT2D eigenvalue weighted by molar-refractivity contribution is -0.305. The van der Waals surface area contributed by atoms with E-state index in [1.807, 2.05) is 30.4 Å². The second kappa shape index (κ2) is 50.9. The number of aliphatic hydroxyl groups is 5. The predicted molar refractivity (Wildman–Crippen MR) is 310 cm³/mol. The highest BCUT2D eigenvalue weighted by atomic mass is 16.7. The molecule has 0 saturated carbocycles. The van der Waals surface area contributed by atoms with Crippen molar-refractivity contribution < 1.29 is 49.3 Å². The normalized spacial score (nSPS) is 20.1. The Kier molecular flexibility index (Phi) is 46.8. The average Bonchev–Trinajstić information content (AvgIpc) is 3.41. The molecule has 426 valence electrons. The Bertz CT molecular complexity index is 1680. The van der Waals surface area contributed by atoms with E-state index >= 15 is 0 Å². The van der Waals surface area contributed by atoms with Crippen LogP contribution in [-0.4, -0.2) is 99.6 Å². The van der Waals surface area contributed by atoms with E-state index < -0.39 is 67.4 Å². The smallest absolute Gasteiger partial charge is 0.306 e. The zero-order valence-electron chi connectivity index (χ0n) is 46.9. The van der Waals surface area contributed by atoms with Gasteiger partial charge in [-0.15, -0.1) is 0 Å². The van der Waals surface area contributed by atoms with Gasteiger partial charge in [-0.2, -0.15) is 0 Å². The van der Waals surface area contributed by atoms with Crippen LogP contribution < -0.4 is 5.32 Å². The Balaban J connectivity index is 2.69. The molecule has 1 aliphatic heterocycles. The van der Waals surface area contributed by atoms with E-state index in [1.54, 1.807) is 6.08 Å². The Morgan fingerprint density at radius 3 is 1.59 bits per heavy atom. The minimum Gasteiger partial charge on any atom is -0.454 e. The van der Waals surface area contributed by atoms with Crippen LogP contribution in [0.3, 0.4) is 0 Å². The van der Waals surface area contributed by atoms with E-state index in [0.29, 0.717) is 12.8 Å². The predicted octanol–water partition coefficient (Wildman–Crippen LogP) is 13.5. The fourth-order valence-electron chi connectivity index (χ4n) is 8.30. The van der Waals surface area contributed by atoms with Crippen LogP contribution in [0.5, 0.6) is 0 Å². The first-order valence-corrected chi connectivity index (χ1v) is 29.3. The van der Waals surface area contributed by atoms with Crippen LogP contribution in [0.2, 0.25) is 0 Å². The van der Waals surface area contributed by atoms with Gasteiger partial charge in [0.15, 0.2) is 12.4 Å². The van der Waals surface area contributed by atoms with Gasteiger partial charge in [0.2, 0.25) is 5.91 Å². The topological polar surface area (TPSA) is 175 Å². The SMILES string of the molecule is CC/C=C\C/C=C\C/C=C\C/C=C\C/C=C\C/C=C\CCCCCCC(=O)OC1C(OCC(NC(=O)C(O)CCCCCC\C=C/C=C/C=C/CC)C(O)/C=C/CCCCCCCCCCC)OC(CO)C(O)C1O. The van der Waals surface area contributed by atoms with Crippen LogP contribution in [0.4, 0.5) is 0 Å². The highest BCUT2D eigenvalue weighted by molar-refractivity contribution is 5.80. The third kappa shape index (κ3) is 39.1. The molecule has 0 spiro atoms. The summed E-state index contributed by atoms with van der Waals surface area (Å²) in [6.07, 6.45) is 59.6. The van der Waals surface area contributed by atoms with Gasteiger partial charge in [-0.1, -0.05) is 226 Å². The molecule has 0 radical (unpaired) electrons. The zero-order valence-corrected chi connectivity index (χ0v) is 46.9. The van der Waals surface area contributed by atoms with E-state index in [9.17, 15) is 35.1 Å². The van der Waals surface area contributed by atoms with Crippen molar-refractivity contribution >= 4 is 11.9 Å². The highest BCUT2D eigenvalue weighted by Gasteiger charge is 2.47. The second-order valence-corrected chi connectivity index (χ2v) is 19.7. The lowest BCUT2D eigenvalue weighted by atomic mass is 9.99. The molecule has 1 heterocycles. The van der Waals surface area contributed by atoms with Crippen LogP contribution in [0.1, 0.15) is 207 Å². The summed E-state index contributed by atoms with van der Waals surface area (Å²) in [5, 5.41) is 56.8. The number of carbonyl (C=O) groups is 2. The summed E-state index contributed by atoms with van der Waals surface area (Å²) in [7, 11) is 0. The maximum Gasteiger partial charge on any atom is 0.306 e. The third-order valence-electron chi connectivity index (χ3n) is 12.9. The molecule has 8 atom stereocenters. The van der Waals surface area contributed by atoms with Crippen LogP contribution in [-0.2, 0) is 23.8 Å². The number of hydrogen-bond donors (Lipinski definition) is 6. The number of allylic oxidation sites excluding steroid dienone is 19. The number of amides is 1. The Hall–Kier alpha value is -3.94. The van der Waals surface area contributed by atoms with Gasteiger partial charge in [-0.05, 0) is 96.3 Å². The number of esters is 1. The maximum absolute atomic E-state index is 13.3. The molecule has 11 nitrogen and oxygen atoms in total. The van der Waals surface area contributed by atoms with Crippen molar-refractivity contribution in [1.29, 1.82) is 0 Å². The van der Waals surface area contributed by atoms with Gasteiger partial charge in [-0.25, -0.2) is 0 Å². The summed E-state index contributed by atoms with van der Waals surface area (Å²) < 4.78 is 17.5. The van der Waals surface area contributed by atoms with Crippen molar-refractivity contribution in [2.45, 2.75) is 256 Å². The number of hydrogen-bond acceptors (Lipinski definition) is 10. The Labute approximate surface area is 455 Å². The van der Waals surface area contributed by atoms with E-state index in [0.717, 1.165) is 122 Å². The average molecular weight is 1050 g/mol. The number of unbranched alkanes of at least 4 members (excludes halogenated alkanes) is 17. The Morgan fingerprint density at radius 1 is 0.547 bits per heavy atom. The molecule has 8 unspecified atom stereocenters. The Morgan fingerprint density at radius 2 is 1.03 bits per heavy atom. The quantitative estimate of drug-likeness (QED) is 0.0149. The van der Waals surface area contributed by atoms with E-state index in [2.05, 4.69) is 111 Å². The molecule has 0 bridgehead atoms. The second-order valence-electron chi connectivity index (χ2n) is 19.7. The van der Waals surface area contributed by atoms with Gasteiger partial charge in [0.25, 0.3) is 0 Å². The lowest BCUT2D eigenvalue weighted by Gasteiger charge is -2.41. The largest absolute Gasteiger partial charge is 0.454 e. The molecule has 1 amide bonds. The van der Waals surface area contributed by atoms with E-state index in [1.165, 1.54) is 38.5 Å². The van der Waals surface area contributed by atoms with Gasteiger partial charge in [0.1, 0.15) is 24.4 Å². The molecular formula is C64H105NO10. The number of carbonyl (C=O) groups excluding carboxylic acids is 2. The molecule has 0 aromatic heterocycles. The van der Waals surface area contributed by atoms with Crippen LogP contribution in [0, 0.1) is 0 Å². The fourth-order valence-corrected chi connectivity index (χ4v) is 8.30. The van der Waals surface area contributed by atoms with Crippen molar-refractivity contribution in [3.8, 4) is 0 Å². The third-order valence-corrected chi connectivity index (χ3v) is 12.9. The summed E-state index contributed by atoms with van der Waals surface area (Å²) in [5.74, 6) is -1.25. The van der Waals surface area contributed by atoms with Crippen molar-refractivity contribution in [3.63, 3.8) is 0 Å². The van der Waals surface area contributed by atoms with Gasteiger partial charge in [-0.3, -0.25) is 9.59 Å². The van der Waals surface area contributed by atoms with Crippen molar-refractivity contribution in [1.82, 2.24) is 5.32 Å². The van der Waals surface area contributed by atoms with E-state index in [4.69, 9.17) is 14.2 Å². The van der Waals surface area contributed by atoms with Gasteiger partial charge >= 0.3 is 5.97 Å². The zero-order chi connectivity index (χ0) is 54.7. The van der Waals surface area contributed by atoms with Crippen molar-refractivity contribution in [2.75, 3.05) is 13.2 Å². The van der Waals surface area contributed by atoms with E-state index in [-0.39, 0.29) is 19.4 Å². The van der Waals surface area contributed by atoms with Gasteiger partial charge in [0.05, 0.1) is 25.4 Å². The summed E-state index contributed by atoms with van der Waals surface area (Å²) >= 11 is 0. The molecule has 0 aromatic rings. The first-order valence-electron chi connectivity index (χ1n) is 29.3. The monoisotopic (exact) mass is 1050 g/mol. The number of nitrogens with one attached hydrogen (secondary N) is 1. The molecule has 0 aromatic carbocycles. The molecule has 1 rings (SSSR count). The molecule has 75 heavy (non-hydrogen) atoms. The van der Waals surface area contributed by atoms with Crippen molar-refractivity contribution in [3.05, 3.63) is 122 Å². The molecule has 11 heteroatoms. The minimum absolute atomic E-state index is 0.0836. The number of ether oxygens (including phenoxy) is 3. The molecular weight excluding hydrogens is 943 g/mol. The first kappa shape index (κ1) is 69.1. The molecule has 1 fully saturated rings. The molecule has 0 aliphatic carbocycles.